The Hall–Kier alpha value is -3.79. The molecule has 178 valence electrons. The molecule has 10 heteroatoms. The molecule has 4 rings (SSSR count). The minimum absolute atomic E-state index is 0.0172. The normalized spacial score (nSPS) is 12.6. The van der Waals surface area contributed by atoms with Crippen LogP contribution in [0, 0.1) is 5.82 Å². The standard InChI is InChI=1S/C24H23FN2O6S/c1-27(11-12-31-20-7-5-18(25)6-8-20)24(28)17-3-2-4-19(15-17)26-34(29,30)21-9-10-22-23(16-21)33-14-13-32-22/h2-10,15-16,26H,11-14H2,1H3. The molecule has 0 saturated carbocycles. The second kappa shape index (κ2) is 10.0. The molecule has 0 unspecified atom stereocenters. The monoisotopic (exact) mass is 486 g/mol. The lowest BCUT2D eigenvalue weighted by atomic mass is 10.2. The van der Waals surface area contributed by atoms with Crippen LogP contribution in [0.25, 0.3) is 0 Å². The van der Waals surface area contributed by atoms with Crippen LogP contribution in [0.15, 0.2) is 71.6 Å². The second-order valence-electron chi connectivity index (χ2n) is 7.52. The number of benzene rings is 3. The largest absolute Gasteiger partial charge is 0.492 e. The van der Waals surface area contributed by atoms with Crippen LogP contribution in [0.3, 0.4) is 0 Å². The van der Waals surface area contributed by atoms with Crippen LogP contribution in [0.4, 0.5) is 10.1 Å². The first-order valence-electron chi connectivity index (χ1n) is 10.5. The van der Waals surface area contributed by atoms with Crippen LogP contribution in [0.2, 0.25) is 0 Å². The number of hydrogen-bond acceptors (Lipinski definition) is 6. The smallest absolute Gasteiger partial charge is 0.262 e. The van der Waals surface area contributed by atoms with Crippen molar-refractivity contribution in [3.63, 3.8) is 0 Å². The van der Waals surface area contributed by atoms with Crippen LogP contribution >= 0.6 is 0 Å². The van der Waals surface area contributed by atoms with Crippen LogP contribution < -0.4 is 18.9 Å². The summed E-state index contributed by atoms with van der Waals surface area (Å²) < 4.78 is 57.6. The molecule has 0 saturated heterocycles. The maximum absolute atomic E-state index is 13.0. The summed E-state index contributed by atoms with van der Waals surface area (Å²) in [5.74, 6) is 0.691. The molecule has 0 bridgehead atoms. The molecule has 1 amide bonds. The highest BCUT2D eigenvalue weighted by Gasteiger charge is 2.20. The maximum atomic E-state index is 13.0. The average Bonchev–Trinajstić information content (AvgIpc) is 2.84. The van der Waals surface area contributed by atoms with E-state index < -0.39 is 10.0 Å². The van der Waals surface area contributed by atoms with Crippen molar-refractivity contribution in [2.75, 3.05) is 38.1 Å². The lowest BCUT2D eigenvalue weighted by molar-refractivity contribution is 0.0774. The fraction of sp³-hybridized carbons (Fsp3) is 0.208. The summed E-state index contributed by atoms with van der Waals surface area (Å²) in [7, 11) is -2.30. The van der Waals surface area contributed by atoms with E-state index >= 15 is 0 Å². The van der Waals surface area contributed by atoms with Crippen molar-refractivity contribution in [3.05, 3.63) is 78.1 Å². The van der Waals surface area contributed by atoms with Crippen molar-refractivity contribution in [2.45, 2.75) is 4.90 Å². The molecule has 1 N–H and O–H groups in total. The highest BCUT2D eigenvalue weighted by Crippen LogP contribution is 2.32. The number of carbonyl (C=O) groups is 1. The predicted molar refractivity (Wildman–Crippen MR) is 124 cm³/mol. The van der Waals surface area contributed by atoms with Crippen molar-refractivity contribution >= 4 is 21.6 Å². The van der Waals surface area contributed by atoms with Gasteiger partial charge in [-0.2, -0.15) is 0 Å². The Morgan fingerprint density at radius 1 is 1.03 bits per heavy atom. The van der Waals surface area contributed by atoms with E-state index in [9.17, 15) is 17.6 Å². The minimum atomic E-state index is -3.91. The Morgan fingerprint density at radius 2 is 1.76 bits per heavy atom. The van der Waals surface area contributed by atoms with Gasteiger partial charge in [0.05, 0.1) is 11.4 Å². The van der Waals surface area contributed by atoms with Gasteiger partial charge in [0.2, 0.25) is 0 Å². The number of fused-ring (bicyclic) bond motifs is 1. The van der Waals surface area contributed by atoms with E-state index in [2.05, 4.69) is 4.72 Å². The topological polar surface area (TPSA) is 94.2 Å². The van der Waals surface area contributed by atoms with Gasteiger partial charge < -0.3 is 19.1 Å². The van der Waals surface area contributed by atoms with Gasteiger partial charge in [-0.15, -0.1) is 0 Å². The number of halogens is 1. The molecule has 1 aliphatic rings. The van der Waals surface area contributed by atoms with E-state index in [1.165, 1.54) is 47.4 Å². The summed E-state index contributed by atoms with van der Waals surface area (Å²) >= 11 is 0. The Morgan fingerprint density at radius 3 is 2.53 bits per heavy atom. The first-order chi connectivity index (χ1) is 16.3. The van der Waals surface area contributed by atoms with Crippen LogP contribution in [-0.4, -0.2) is 52.6 Å². The number of anilines is 1. The first-order valence-corrected chi connectivity index (χ1v) is 12.0. The fourth-order valence-electron chi connectivity index (χ4n) is 3.27. The number of sulfonamides is 1. The van der Waals surface area contributed by atoms with Crippen molar-refractivity contribution in [1.29, 1.82) is 0 Å². The van der Waals surface area contributed by atoms with Gasteiger partial charge in [0.1, 0.15) is 31.4 Å². The SMILES string of the molecule is CN(CCOc1ccc(F)cc1)C(=O)c1cccc(NS(=O)(=O)c2ccc3c(c2)OCCO3)c1. The number of carbonyl (C=O) groups excluding carboxylic acids is 1. The third-order valence-corrected chi connectivity index (χ3v) is 6.42. The number of likely N-dealkylation sites (N-methyl/N-ethyl adjacent to an activating group) is 1. The third kappa shape index (κ3) is 5.57. The van der Waals surface area contributed by atoms with Gasteiger partial charge >= 0.3 is 0 Å². The predicted octanol–water partition coefficient (Wildman–Crippen LogP) is 3.55. The zero-order chi connectivity index (χ0) is 24.1. The number of amides is 1. The van der Waals surface area contributed by atoms with Crippen molar-refractivity contribution < 1.29 is 31.8 Å². The van der Waals surface area contributed by atoms with E-state index in [1.807, 2.05) is 0 Å². The molecule has 0 fully saturated rings. The van der Waals surface area contributed by atoms with Gasteiger partial charge in [-0.3, -0.25) is 9.52 Å². The summed E-state index contributed by atoms with van der Waals surface area (Å²) in [6.07, 6.45) is 0. The summed E-state index contributed by atoms with van der Waals surface area (Å²) in [5.41, 5.74) is 0.559. The molecule has 34 heavy (non-hydrogen) atoms. The lowest BCUT2D eigenvalue weighted by Crippen LogP contribution is -2.31. The highest BCUT2D eigenvalue weighted by atomic mass is 32.2. The zero-order valence-electron chi connectivity index (χ0n) is 18.4. The van der Waals surface area contributed by atoms with E-state index in [4.69, 9.17) is 14.2 Å². The third-order valence-electron chi connectivity index (χ3n) is 5.04. The molecular weight excluding hydrogens is 463 g/mol. The molecule has 0 radical (unpaired) electrons. The minimum Gasteiger partial charge on any atom is -0.492 e. The molecule has 1 heterocycles. The van der Waals surface area contributed by atoms with E-state index in [-0.39, 0.29) is 35.5 Å². The molecule has 0 spiro atoms. The van der Waals surface area contributed by atoms with E-state index in [0.29, 0.717) is 36.0 Å². The molecule has 0 aliphatic carbocycles. The quantitative estimate of drug-likeness (QED) is 0.523. The van der Waals surface area contributed by atoms with Gasteiger partial charge in [0, 0.05) is 24.4 Å². The van der Waals surface area contributed by atoms with E-state index in [1.54, 1.807) is 31.3 Å². The Labute approximate surface area is 196 Å². The number of rotatable bonds is 8. The molecule has 0 aromatic heterocycles. The summed E-state index contributed by atoms with van der Waals surface area (Å²) in [6.45, 7) is 1.25. The molecule has 3 aromatic carbocycles. The Kier molecular flexibility index (Phi) is 6.87. The molecule has 8 nitrogen and oxygen atoms in total. The average molecular weight is 487 g/mol. The Bertz CT molecular complexity index is 1280. The zero-order valence-corrected chi connectivity index (χ0v) is 19.2. The highest BCUT2D eigenvalue weighted by molar-refractivity contribution is 7.92. The number of ether oxygens (including phenoxy) is 3. The summed E-state index contributed by atoms with van der Waals surface area (Å²) in [6, 6.07) is 16.2. The molecule has 1 aliphatic heterocycles. The summed E-state index contributed by atoms with van der Waals surface area (Å²) in [5, 5.41) is 0. The van der Waals surface area contributed by atoms with E-state index in [0.717, 1.165) is 0 Å². The van der Waals surface area contributed by atoms with Crippen LogP contribution in [0.1, 0.15) is 10.4 Å². The Balaban J connectivity index is 1.39. The molecule has 3 aromatic rings. The second-order valence-corrected chi connectivity index (χ2v) is 9.20. The van der Waals surface area contributed by atoms with Gasteiger partial charge in [-0.1, -0.05) is 6.07 Å². The van der Waals surface area contributed by atoms with Crippen LogP contribution in [-0.2, 0) is 10.0 Å². The fourth-order valence-corrected chi connectivity index (χ4v) is 4.34. The van der Waals surface area contributed by atoms with Gasteiger partial charge in [-0.25, -0.2) is 12.8 Å². The molecular formula is C24H23FN2O6S. The number of hydrogen-bond donors (Lipinski definition) is 1. The van der Waals surface area contributed by atoms with Gasteiger partial charge in [-0.05, 0) is 54.6 Å². The summed E-state index contributed by atoms with van der Waals surface area (Å²) in [4.78, 5) is 14.3. The van der Waals surface area contributed by atoms with Crippen molar-refractivity contribution in [3.8, 4) is 17.2 Å². The number of nitrogens with zero attached hydrogens (tertiary/aromatic N) is 1. The van der Waals surface area contributed by atoms with Gasteiger partial charge in [0.25, 0.3) is 15.9 Å². The van der Waals surface area contributed by atoms with Gasteiger partial charge in [0.15, 0.2) is 11.5 Å². The lowest BCUT2D eigenvalue weighted by Gasteiger charge is -2.19. The van der Waals surface area contributed by atoms with Crippen molar-refractivity contribution in [1.82, 2.24) is 4.90 Å². The first kappa shape index (κ1) is 23.4. The van der Waals surface area contributed by atoms with Crippen molar-refractivity contribution in [2.24, 2.45) is 0 Å². The van der Waals surface area contributed by atoms with Crippen LogP contribution in [0.5, 0.6) is 17.2 Å². The maximum Gasteiger partial charge on any atom is 0.262 e. The number of nitrogens with one attached hydrogen (secondary N) is 1. The molecule has 0 atom stereocenters.